The highest BCUT2D eigenvalue weighted by atomic mass is 16.6. The summed E-state index contributed by atoms with van der Waals surface area (Å²) in [6.07, 6.45) is 9.79. The third-order valence-corrected chi connectivity index (χ3v) is 6.03. The Labute approximate surface area is 220 Å². The van der Waals surface area contributed by atoms with Gasteiger partial charge in [0.25, 0.3) is 5.88 Å². The first-order valence-electron chi connectivity index (χ1n) is 12.5. The molecular weight excluding hydrogens is 486 g/mol. The van der Waals surface area contributed by atoms with Gasteiger partial charge in [0.05, 0.1) is 42.6 Å². The zero-order valence-corrected chi connectivity index (χ0v) is 22.2. The average molecular weight is 518 g/mol. The fraction of sp³-hybridized carbons (Fsp3) is 0.423. The Balaban J connectivity index is 1.44. The summed E-state index contributed by atoms with van der Waals surface area (Å²) in [7, 11) is 1.57. The molecule has 198 valence electrons. The summed E-state index contributed by atoms with van der Waals surface area (Å²) in [6.45, 7) is 8.73. The lowest BCUT2D eigenvalue weighted by atomic mass is 10.1. The van der Waals surface area contributed by atoms with Gasteiger partial charge in [-0.25, -0.2) is 24.4 Å². The van der Waals surface area contributed by atoms with Crippen molar-refractivity contribution in [3.63, 3.8) is 0 Å². The van der Waals surface area contributed by atoms with Gasteiger partial charge in [-0.05, 0) is 46.6 Å². The summed E-state index contributed by atoms with van der Waals surface area (Å²) < 4.78 is 12.7. The summed E-state index contributed by atoms with van der Waals surface area (Å²) in [5, 5.41) is 8.39. The van der Waals surface area contributed by atoms with Gasteiger partial charge < -0.3 is 19.7 Å². The van der Waals surface area contributed by atoms with Gasteiger partial charge >= 0.3 is 6.09 Å². The SMILES string of the molecule is COc1ncc(-n2ncc3cnc(-c4cncc(C)n4)cc32)nc1N1CCC[C@H](NC(=O)OC(C)(C)C)C1. The molecule has 1 atom stereocenters. The van der Waals surface area contributed by atoms with Gasteiger partial charge in [-0.2, -0.15) is 5.10 Å². The molecule has 1 aliphatic rings. The number of ether oxygens (including phenoxy) is 2. The van der Waals surface area contributed by atoms with E-state index >= 15 is 0 Å². The summed E-state index contributed by atoms with van der Waals surface area (Å²) in [5.74, 6) is 1.52. The third kappa shape index (κ3) is 5.48. The lowest BCUT2D eigenvalue weighted by Crippen LogP contribution is -2.49. The minimum Gasteiger partial charge on any atom is -0.478 e. The topological polar surface area (TPSA) is 133 Å². The van der Waals surface area contributed by atoms with Crippen molar-refractivity contribution in [2.45, 2.75) is 52.2 Å². The number of nitrogens with zero attached hydrogens (tertiary/aromatic N) is 8. The number of aryl methyl sites for hydroxylation is 1. The number of hydrogen-bond donors (Lipinski definition) is 1. The molecule has 4 aromatic heterocycles. The number of hydrogen-bond acceptors (Lipinski definition) is 10. The van der Waals surface area contributed by atoms with E-state index in [9.17, 15) is 4.79 Å². The van der Waals surface area contributed by atoms with Gasteiger partial charge in [0.2, 0.25) is 0 Å². The molecule has 5 rings (SSSR count). The highest BCUT2D eigenvalue weighted by molar-refractivity contribution is 5.82. The highest BCUT2D eigenvalue weighted by Gasteiger charge is 2.27. The molecule has 0 unspecified atom stereocenters. The maximum atomic E-state index is 12.3. The molecule has 0 saturated carbocycles. The number of methoxy groups -OCH3 is 1. The second-order valence-corrected chi connectivity index (χ2v) is 10.2. The quantitative estimate of drug-likeness (QED) is 0.419. The maximum absolute atomic E-state index is 12.3. The lowest BCUT2D eigenvalue weighted by Gasteiger charge is -2.34. The van der Waals surface area contributed by atoms with Crippen molar-refractivity contribution in [1.82, 2.24) is 40.0 Å². The largest absolute Gasteiger partial charge is 0.478 e. The van der Waals surface area contributed by atoms with E-state index in [1.54, 1.807) is 42.8 Å². The highest BCUT2D eigenvalue weighted by Crippen LogP contribution is 2.29. The second kappa shape index (κ2) is 10.2. The van der Waals surface area contributed by atoms with Crippen LogP contribution in [0.5, 0.6) is 5.88 Å². The Morgan fingerprint density at radius 2 is 1.92 bits per heavy atom. The summed E-state index contributed by atoms with van der Waals surface area (Å²) in [5.41, 5.74) is 2.42. The van der Waals surface area contributed by atoms with Crippen LogP contribution >= 0.6 is 0 Å². The predicted octanol–water partition coefficient (Wildman–Crippen LogP) is 3.48. The molecule has 0 aliphatic carbocycles. The van der Waals surface area contributed by atoms with Crippen molar-refractivity contribution in [3.05, 3.63) is 42.7 Å². The number of piperidine rings is 1. The molecule has 0 spiro atoms. The van der Waals surface area contributed by atoms with Crippen LogP contribution in [0.2, 0.25) is 0 Å². The Kier molecular flexibility index (Phi) is 6.79. The molecule has 1 amide bonds. The Hall–Kier alpha value is -4.35. The maximum Gasteiger partial charge on any atom is 0.407 e. The smallest absolute Gasteiger partial charge is 0.407 e. The summed E-state index contributed by atoms with van der Waals surface area (Å²) in [6, 6.07) is 1.82. The van der Waals surface area contributed by atoms with E-state index in [0.29, 0.717) is 35.4 Å². The fourth-order valence-electron chi connectivity index (χ4n) is 4.40. The Bertz CT molecular complexity index is 1460. The molecule has 38 heavy (non-hydrogen) atoms. The summed E-state index contributed by atoms with van der Waals surface area (Å²) >= 11 is 0. The number of aromatic nitrogens is 7. The van der Waals surface area contributed by atoms with E-state index in [0.717, 1.165) is 36.0 Å². The van der Waals surface area contributed by atoms with E-state index in [2.05, 4.69) is 35.3 Å². The van der Waals surface area contributed by atoms with Crippen LogP contribution in [0.3, 0.4) is 0 Å². The second-order valence-electron chi connectivity index (χ2n) is 10.2. The van der Waals surface area contributed by atoms with Gasteiger partial charge in [0.1, 0.15) is 11.3 Å². The van der Waals surface area contributed by atoms with Crippen molar-refractivity contribution in [2.75, 3.05) is 25.1 Å². The first-order valence-corrected chi connectivity index (χ1v) is 12.5. The normalized spacial score (nSPS) is 15.9. The molecule has 5 heterocycles. The molecule has 0 aromatic carbocycles. The Morgan fingerprint density at radius 3 is 2.68 bits per heavy atom. The molecule has 1 fully saturated rings. The number of rotatable bonds is 5. The predicted molar refractivity (Wildman–Crippen MR) is 141 cm³/mol. The van der Waals surface area contributed by atoms with Crippen LogP contribution in [-0.4, -0.2) is 72.6 Å². The van der Waals surface area contributed by atoms with E-state index in [-0.39, 0.29) is 6.04 Å². The molecule has 12 nitrogen and oxygen atoms in total. The van der Waals surface area contributed by atoms with Crippen LogP contribution in [0.25, 0.3) is 28.1 Å². The Morgan fingerprint density at radius 1 is 1.08 bits per heavy atom. The monoisotopic (exact) mass is 517 g/mol. The van der Waals surface area contributed by atoms with Gasteiger partial charge in [-0.1, -0.05) is 0 Å². The molecule has 0 radical (unpaired) electrons. The lowest BCUT2D eigenvalue weighted by molar-refractivity contribution is 0.0500. The standard InChI is InChI=1S/C26H31N9O3/c1-16-10-27-13-20(31-16)19-9-21-17(11-28-19)12-30-35(21)22-14-29-24(37-5)23(33-22)34-8-6-7-18(15-34)32-25(36)38-26(2,3)4/h9-14,18H,6-8,15H2,1-5H3,(H,32,36)/t18-/m0/s1. The average Bonchev–Trinajstić information content (AvgIpc) is 3.30. The van der Waals surface area contributed by atoms with Crippen LogP contribution in [0.1, 0.15) is 39.3 Å². The number of carbonyl (C=O) groups excluding carboxylic acids is 1. The van der Waals surface area contributed by atoms with E-state index in [1.807, 2.05) is 33.8 Å². The van der Waals surface area contributed by atoms with Crippen LogP contribution in [0, 0.1) is 6.92 Å². The first kappa shape index (κ1) is 25.3. The van der Waals surface area contributed by atoms with Crippen LogP contribution in [-0.2, 0) is 4.74 Å². The number of pyridine rings is 1. The van der Waals surface area contributed by atoms with Gasteiger partial charge in [0.15, 0.2) is 11.6 Å². The molecule has 1 saturated heterocycles. The minimum atomic E-state index is -0.560. The van der Waals surface area contributed by atoms with Crippen molar-refractivity contribution in [1.29, 1.82) is 0 Å². The number of nitrogens with one attached hydrogen (secondary N) is 1. The number of carbonyl (C=O) groups is 1. The van der Waals surface area contributed by atoms with Crippen LogP contribution < -0.4 is 15.0 Å². The third-order valence-electron chi connectivity index (χ3n) is 6.03. The number of alkyl carbamates (subject to hydrolysis) is 1. The molecule has 12 heteroatoms. The summed E-state index contributed by atoms with van der Waals surface area (Å²) in [4.78, 5) is 37.1. The fourth-order valence-corrected chi connectivity index (χ4v) is 4.40. The molecule has 4 aromatic rings. The number of amides is 1. The first-order chi connectivity index (χ1) is 18.2. The number of fused-ring (bicyclic) bond motifs is 1. The van der Waals surface area contributed by atoms with E-state index < -0.39 is 11.7 Å². The van der Waals surface area contributed by atoms with Crippen molar-refractivity contribution in [2.24, 2.45) is 0 Å². The number of anilines is 1. The van der Waals surface area contributed by atoms with Gasteiger partial charge in [-0.3, -0.25) is 9.97 Å². The van der Waals surface area contributed by atoms with Gasteiger partial charge in [0, 0.05) is 36.9 Å². The zero-order valence-electron chi connectivity index (χ0n) is 22.2. The van der Waals surface area contributed by atoms with Crippen molar-refractivity contribution < 1.29 is 14.3 Å². The van der Waals surface area contributed by atoms with Crippen LogP contribution in [0.15, 0.2) is 37.1 Å². The van der Waals surface area contributed by atoms with E-state index in [1.165, 1.54) is 0 Å². The van der Waals surface area contributed by atoms with Crippen LogP contribution in [0.4, 0.5) is 10.6 Å². The minimum absolute atomic E-state index is 0.0941. The van der Waals surface area contributed by atoms with Crippen molar-refractivity contribution >= 4 is 22.8 Å². The zero-order chi connectivity index (χ0) is 26.9. The molecule has 1 aliphatic heterocycles. The van der Waals surface area contributed by atoms with Crippen molar-refractivity contribution in [3.8, 4) is 23.1 Å². The molecule has 1 N–H and O–H groups in total. The molecular formula is C26H31N9O3. The van der Waals surface area contributed by atoms with Gasteiger partial charge in [-0.15, -0.1) is 0 Å². The van der Waals surface area contributed by atoms with E-state index in [4.69, 9.17) is 14.5 Å². The molecule has 0 bridgehead atoms.